The first-order chi connectivity index (χ1) is 18.5. The fourth-order valence-corrected chi connectivity index (χ4v) is 3.73. The van der Waals surface area contributed by atoms with Crippen LogP contribution in [0.4, 0.5) is 29.5 Å². The fraction of sp³-hybridized carbons (Fsp3) is 0.200. The third kappa shape index (κ3) is 5.85. The van der Waals surface area contributed by atoms with Gasteiger partial charge < -0.3 is 23.9 Å². The van der Waals surface area contributed by atoms with Gasteiger partial charge in [-0.3, -0.25) is 9.59 Å². The number of amides is 1. The van der Waals surface area contributed by atoms with Crippen LogP contribution in [-0.2, 0) is 11.8 Å². The number of hydrogen-bond acceptors (Lipinski definition) is 7. The molecule has 0 atom stereocenters. The maximum atomic E-state index is 13.4. The number of aromatic nitrogens is 3. The number of hydrogen-bond donors (Lipinski definition) is 1. The molecule has 2 aromatic carbocycles. The van der Waals surface area contributed by atoms with E-state index in [2.05, 4.69) is 9.84 Å². The van der Waals surface area contributed by atoms with E-state index < -0.39 is 29.3 Å². The number of carboxylic acid groups (broad SMARTS) is 1. The van der Waals surface area contributed by atoms with Crippen molar-refractivity contribution in [3.63, 3.8) is 0 Å². The van der Waals surface area contributed by atoms with E-state index in [4.69, 9.17) is 9.47 Å². The van der Waals surface area contributed by atoms with Gasteiger partial charge in [0.15, 0.2) is 5.82 Å². The van der Waals surface area contributed by atoms with Crippen molar-refractivity contribution in [2.24, 2.45) is 7.05 Å². The highest BCUT2D eigenvalue weighted by atomic mass is 19.4. The van der Waals surface area contributed by atoms with Gasteiger partial charge in [0.25, 0.3) is 11.1 Å². The predicted molar refractivity (Wildman–Crippen MR) is 133 cm³/mol. The number of pyridine rings is 1. The van der Waals surface area contributed by atoms with E-state index in [1.807, 2.05) is 0 Å². The number of nitrogens with zero attached hydrogens (tertiary/aromatic N) is 4. The first kappa shape index (κ1) is 27.2. The van der Waals surface area contributed by atoms with Gasteiger partial charge in [-0.2, -0.15) is 4.68 Å². The Bertz CT molecular complexity index is 1630. The van der Waals surface area contributed by atoms with Crippen LogP contribution in [0.25, 0.3) is 16.5 Å². The molecule has 0 bridgehead atoms. The van der Waals surface area contributed by atoms with Gasteiger partial charge in [0.2, 0.25) is 0 Å². The second kappa shape index (κ2) is 10.9. The fourth-order valence-electron chi connectivity index (χ4n) is 3.73. The normalized spacial score (nSPS) is 11.4. The molecule has 0 saturated heterocycles. The molecule has 14 heteroatoms. The Kier molecular flexibility index (Phi) is 7.58. The number of benzene rings is 2. The third-order valence-electron chi connectivity index (χ3n) is 5.47. The molecular weight excluding hydrogens is 525 g/mol. The molecule has 11 nitrogen and oxygen atoms in total. The van der Waals surface area contributed by atoms with Crippen LogP contribution >= 0.6 is 0 Å². The largest absolute Gasteiger partial charge is 0.573 e. The number of rotatable bonds is 8. The number of anilines is 2. The van der Waals surface area contributed by atoms with Gasteiger partial charge in [0, 0.05) is 25.7 Å². The summed E-state index contributed by atoms with van der Waals surface area (Å²) in [4.78, 5) is 39.4. The summed E-state index contributed by atoms with van der Waals surface area (Å²) in [5.74, 6) is -0.564. The zero-order chi connectivity index (χ0) is 28.3. The summed E-state index contributed by atoms with van der Waals surface area (Å²) in [5.41, 5.74) is -1.61. The van der Waals surface area contributed by atoms with Gasteiger partial charge in [-0.15, -0.1) is 18.3 Å². The van der Waals surface area contributed by atoms with Crippen LogP contribution in [0.15, 0.2) is 70.4 Å². The lowest BCUT2D eigenvalue weighted by Gasteiger charge is -2.21. The lowest BCUT2D eigenvalue weighted by atomic mass is 10.1. The lowest BCUT2D eigenvalue weighted by Crippen LogP contribution is -2.34. The van der Waals surface area contributed by atoms with Crippen molar-refractivity contribution < 1.29 is 37.3 Å². The number of halogens is 3. The predicted octanol–water partition coefficient (Wildman–Crippen LogP) is 3.82. The van der Waals surface area contributed by atoms with E-state index in [0.29, 0.717) is 4.90 Å². The Morgan fingerprint density at radius 2 is 1.69 bits per heavy atom. The minimum atomic E-state index is -4.92. The molecule has 2 aromatic heterocycles. The SMILES string of the molecule is COCCOc1ccc2c(=O)n(-c3ccc(OC(F)(F)F)cc3)nc(N(C(=O)O)c3cccn(C)c3=O)c2c1. The molecule has 1 N–H and O–H groups in total. The van der Waals surface area contributed by atoms with Crippen LogP contribution in [0.3, 0.4) is 0 Å². The average Bonchev–Trinajstić information content (AvgIpc) is 2.87. The van der Waals surface area contributed by atoms with Crippen LogP contribution in [0.2, 0.25) is 0 Å². The zero-order valence-electron chi connectivity index (χ0n) is 20.5. The van der Waals surface area contributed by atoms with Gasteiger partial charge >= 0.3 is 12.5 Å². The number of methoxy groups -OCH3 is 1. The molecule has 0 spiro atoms. The smallest absolute Gasteiger partial charge is 0.491 e. The van der Waals surface area contributed by atoms with Crippen LogP contribution in [0.1, 0.15) is 0 Å². The standard InChI is InChI=1S/C25H21F3N4O7/c1-30-11-3-4-20(23(30)34)31(24(35)36)21-19-14-17(38-13-12-37-2)9-10-18(19)22(33)32(29-21)15-5-7-16(8-6-15)39-25(26,27)28/h3-11,14H,12-13H2,1-2H3,(H,35,36). The first-order valence-electron chi connectivity index (χ1n) is 11.2. The summed E-state index contributed by atoms with van der Waals surface area (Å²) in [7, 11) is 2.92. The minimum absolute atomic E-state index is 0.00807. The molecule has 4 aromatic rings. The van der Waals surface area contributed by atoms with E-state index in [-0.39, 0.29) is 46.9 Å². The summed E-state index contributed by atoms with van der Waals surface area (Å²) in [6.07, 6.45) is -5.05. The molecule has 4 rings (SSSR count). The number of carbonyl (C=O) groups is 1. The highest BCUT2D eigenvalue weighted by Gasteiger charge is 2.31. The summed E-state index contributed by atoms with van der Waals surface area (Å²) < 4.78 is 54.2. The summed E-state index contributed by atoms with van der Waals surface area (Å²) in [5, 5.41) is 14.5. The van der Waals surface area contributed by atoms with Crippen LogP contribution in [0.5, 0.6) is 11.5 Å². The van der Waals surface area contributed by atoms with Crippen LogP contribution in [0, 0.1) is 0 Å². The number of alkyl halides is 3. The van der Waals surface area contributed by atoms with Gasteiger partial charge in [0.05, 0.1) is 17.7 Å². The maximum Gasteiger partial charge on any atom is 0.573 e. The Morgan fingerprint density at radius 1 is 1.00 bits per heavy atom. The number of ether oxygens (including phenoxy) is 3. The van der Waals surface area contributed by atoms with Gasteiger partial charge in [-0.05, 0) is 54.6 Å². The second-order valence-corrected chi connectivity index (χ2v) is 8.06. The molecule has 0 aliphatic carbocycles. The number of aryl methyl sites for hydroxylation is 1. The Morgan fingerprint density at radius 3 is 2.33 bits per heavy atom. The first-order valence-corrected chi connectivity index (χ1v) is 11.2. The molecule has 1 amide bonds. The monoisotopic (exact) mass is 546 g/mol. The second-order valence-electron chi connectivity index (χ2n) is 8.06. The molecule has 39 heavy (non-hydrogen) atoms. The molecule has 0 fully saturated rings. The van der Waals surface area contributed by atoms with E-state index in [1.165, 1.54) is 55.3 Å². The van der Waals surface area contributed by atoms with Crippen molar-refractivity contribution in [1.82, 2.24) is 14.3 Å². The quantitative estimate of drug-likeness (QED) is 0.331. The summed E-state index contributed by atoms with van der Waals surface area (Å²) in [6.45, 7) is 0.427. The van der Waals surface area contributed by atoms with E-state index in [9.17, 15) is 32.7 Å². The number of fused-ring (bicyclic) bond motifs is 1. The Hall–Kier alpha value is -4.85. The molecule has 0 aliphatic rings. The summed E-state index contributed by atoms with van der Waals surface area (Å²) >= 11 is 0. The van der Waals surface area contributed by atoms with E-state index in [0.717, 1.165) is 28.9 Å². The van der Waals surface area contributed by atoms with Gasteiger partial charge in [-0.25, -0.2) is 9.69 Å². The molecule has 0 radical (unpaired) electrons. The van der Waals surface area contributed by atoms with Crippen molar-refractivity contribution in [3.05, 3.63) is 81.5 Å². The molecule has 2 heterocycles. The molecule has 204 valence electrons. The van der Waals surface area contributed by atoms with Gasteiger partial charge in [-0.1, -0.05) is 0 Å². The highest BCUT2D eigenvalue weighted by Crippen LogP contribution is 2.31. The maximum absolute atomic E-state index is 13.4. The molecule has 0 saturated carbocycles. The van der Waals surface area contributed by atoms with E-state index >= 15 is 0 Å². The Balaban J connectivity index is 1.96. The molecule has 0 unspecified atom stereocenters. The van der Waals surface area contributed by atoms with E-state index in [1.54, 1.807) is 0 Å². The van der Waals surface area contributed by atoms with Gasteiger partial charge in [0.1, 0.15) is 23.8 Å². The topological polar surface area (TPSA) is 125 Å². The van der Waals surface area contributed by atoms with Crippen molar-refractivity contribution in [2.45, 2.75) is 6.36 Å². The van der Waals surface area contributed by atoms with Crippen molar-refractivity contribution in [2.75, 3.05) is 25.2 Å². The molecular formula is C25H21F3N4O7. The summed E-state index contributed by atoms with van der Waals surface area (Å²) in [6, 6.07) is 11.3. The van der Waals surface area contributed by atoms with Crippen molar-refractivity contribution in [1.29, 1.82) is 0 Å². The lowest BCUT2D eigenvalue weighted by molar-refractivity contribution is -0.274. The minimum Gasteiger partial charge on any atom is -0.491 e. The average molecular weight is 546 g/mol. The molecule has 0 aliphatic heterocycles. The third-order valence-corrected chi connectivity index (χ3v) is 5.47. The van der Waals surface area contributed by atoms with Crippen LogP contribution < -0.4 is 25.5 Å². The van der Waals surface area contributed by atoms with Crippen molar-refractivity contribution in [3.8, 4) is 17.2 Å². The Labute approximate surface area is 217 Å². The zero-order valence-corrected chi connectivity index (χ0v) is 20.5. The highest BCUT2D eigenvalue weighted by molar-refractivity contribution is 6.03. The van der Waals surface area contributed by atoms with Crippen molar-refractivity contribution >= 4 is 28.4 Å². The van der Waals surface area contributed by atoms with Crippen LogP contribution in [-0.4, -0.2) is 52.2 Å².